The predicted molar refractivity (Wildman–Crippen MR) is 79.4 cm³/mol. The number of ether oxygens (including phenoxy) is 2. The lowest BCUT2D eigenvalue weighted by atomic mass is 10.1. The fourth-order valence-corrected chi connectivity index (χ4v) is 1.95. The first-order valence-electron chi connectivity index (χ1n) is 6.48. The van der Waals surface area contributed by atoms with Crippen LogP contribution in [0.4, 0.5) is 5.69 Å². The number of carbonyl (C=O) groups excluding carboxylic acids is 2. The molecule has 0 amide bonds. The molecule has 0 heterocycles. The third-order valence-electron chi connectivity index (χ3n) is 3.10. The van der Waals surface area contributed by atoms with Crippen molar-refractivity contribution in [3.63, 3.8) is 0 Å². The van der Waals surface area contributed by atoms with Crippen LogP contribution < -0.4 is 10.2 Å². The molecule has 2 N–H and O–H groups in total. The number of esters is 1. The van der Waals surface area contributed by atoms with E-state index < -0.39 is 5.97 Å². The van der Waals surface area contributed by atoms with Crippen LogP contribution in [-0.2, 0) is 11.3 Å². The lowest BCUT2D eigenvalue weighted by molar-refractivity contribution is 0.0597. The molecule has 6 nitrogen and oxygen atoms in total. The van der Waals surface area contributed by atoms with E-state index in [9.17, 15) is 9.59 Å². The van der Waals surface area contributed by atoms with Gasteiger partial charge in [0.1, 0.15) is 18.6 Å². The highest BCUT2D eigenvalue weighted by molar-refractivity contribution is 5.92. The third-order valence-corrected chi connectivity index (χ3v) is 3.10. The second kappa shape index (κ2) is 7.24. The molecular weight excluding hydrogens is 286 g/mol. The van der Waals surface area contributed by atoms with Gasteiger partial charge in [0.15, 0.2) is 0 Å². The van der Waals surface area contributed by atoms with E-state index in [2.05, 4.69) is 0 Å². The molecule has 0 spiro atoms. The Labute approximate surface area is 127 Å². The second-order valence-electron chi connectivity index (χ2n) is 4.41. The van der Waals surface area contributed by atoms with Gasteiger partial charge in [-0.2, -0.15) is 0 Å². The summed E-state index contributed by atoms with van der Waals surface area (Å²) >= 11 is 0. The number of hydrogen-bond acceptors (Lipinski definition) is 6. The van der Waals surface area contributed by atoms with Crippen LogP contribution in [0.2, 0.25) is 0 Å². The quantitative estimate of drug-likeness (QED) is 0.485. The lowest BCUT2D eigenvalue weighted by Crippen LogP contribution is -2.10. The van der Waals surface area contributed by atoms with E-state index in [0.29, 0.717) is 28.1 Å². The summed E-state index contributed by atoms with van der Waals surface area (Å²) in [5, 5.41) is 9.17. The fourth-order valence-electron chi connectivity index (χ4n) is 1.95. The van der Waals surface area contributed by atoms with Gasteiger partial charge in [-0.15, -0.1) is 0 Å². The average Bonchev–Trinajstić information content (AvgIpc) is 2.59. The highest BCUT2D eigenvalue weighted by Gasteiger charge is 2.15. The molecule has 0 unspecified atom stereocenters. The topological polar surface area (TPSA) is 84.9 Å². The van der Waals surface area contributed by atoms with Crippen molar-refractivity contribution in [1.82, 2.24) is 0 Å². The largest absolute Gasteiger partial charge is 0.489 e. The van der Waals surface area contributed by atoms with Crippen molar-refractivity contribution in [2.24, 2.45) is 0 Å². The summed E-state index contributed by atoms with van der Waals surface area (Å²) in [6, 6.07) is 11.4. The Morgan fingerprint density at radius 1 is 1.23 bits per heavy atom. The van der Waals surface area contributed by atoms with E-state index in [4.69, 9.17) is 14.7 Å². The summed E-state index contributed by atoms with van der Waals surface area (Å²) in [6.45, 7) is 0.0502. The van der Waals surface area contributed by atoms with Crippen LogP contribution >= 0.6 is 0 Å². The van der Waals surface area contributed by atoms with Gasteiger partial charge in [-0.1, -0.05) is 6.07 Å². The predicted octanol–water partition coefficient (Wildman–Crippen LogP) is 2.67. The highest BCUT2D eigenvalue weighted by atomic mass is 16.5. The summed E-state index contributed by atoms with van der Waals surface area (Å²) in [5.41, 5.74) is 3.70. The van der Waals surface area contributed by atoms with Crippen molar-refractivity contribution in [3.8, 4) is 5.75 Å². The Hall–Kier alpha value is -2.86. The number of carbonyl (C=O) groups is 2. The SMILES string of the molecule is COC(=O)c1cccc(NO)c1COc1ccc(C=O)cc1. The highest BCUT2D eigenvalue weighted by Crippen LogP contribution is 2.23. The fraction of sp³-hybridized carbons (Fsp3) is 0.125. The molecule has 0 aliphatic heterocycles. The maximum Gasteiger partial charge on any atom is 0.338 e. The summed E-state index contributed by atoms with van der Waals surface area (Å²) in [6.07, 6.45) is 0.740. The number of hydrogen-bond donors (Lipinski definition) is 2. The van der Waals surface area contributed by atoms with Crippen LogP contribution in [0.3, 0.4) is 0 Å². The zero-order valence-corrected chi connectivity index (χ0v) is 11.9. The van der Waals surface area contributed by atoms with Crippen LogP contribution in [0.5, 0.6) is 5.75 Å². The Morgan fingerprint density at radius 3 is 2.55 bits per heavy atom. The van der Waals surface area contributed by atoms with Gasteiger partial charge >= 0.3 is 5.97 Å². The number of anilines is 1. The van der Waals surface area contributed by atoms with Crippen LogP contribution in [0.1, 0.15) is 26.3 Å². The molecular formula is C16H15NO5. The minimum atomic E-state index is -0.521. The summed E-state index contributed by atoms with van der Waals surface area (Å²) in [4.78, 5) is 22.4. The molecule has 0 radical (unpaired) electrons. The van der Waals surface area contributed by atoms with E-state index in [0.717, 1.165) is 6.29 Å². The van der Waals surface area contributed by atoms with Crippen molar-refractivity contribution in [1.29, 1.82) is 0 Å². The van der Waals surface area contributed by atoms with Crippen LogP contribution in [0.25, 0.3) is 0 Å². The van der Waals surface area contributed by atoms with Gasteiger partial charge in [0, 0.05) is 11.1 Å². The molecule has 2 rings (SSSR count). The molecule has 0 aromatic heterocycles. The molecule has 0 fully saturated rings. The molecule has 22 heavy (non-hydrogen) atoms. The zero-order valence-electron chi connectivity index (χ0n) is 11.9. The maximum atomic E-state index is 11.8. The number of methoxy groups -OCH3 is 1. The Balaban J connectivity index is 2.23. The smallest absolute Gasteiger partial charge is 0.338 e. The molecule has 0 saturated carbocycles. The summed E-state index contributed by atoms with van der Waals surface area (Å²) < 4.78 is 10.3. The van der Waals surface area contributed by atoms with Gasteiger partial charge in [0.25, 0.3) is 0 Å². The van der Waals surface area contributed by atoms with E-state index in [1.54, 1.807) is 42.5 Å². The minimum absolute atomic E-state index is 0.0502. The van der Waals surface area contributed by atoms with Gasteiger partial charge < -0.3 is 9.47 Å². The van der Waals surface area contributed by atoms with Crippen molar-refractivity contribution in [3.05, 3.63) is 59.2 Å². The van der Waals surface area contributed by atoms with Gasteiger partial charge in [-0.3, -0.25) is 15.5 Å². The normalized spacial score (nSPS) is 9.91. The van der Waals surface area contributed by atoms with Gasteiger partial charge in [-0.05, 0) is 36.4 Å². The molecule has 114 valence electrons. The van der Waals surface area contributed by atoms with Crippen LogP contribution in [0, 0.1) is 0 Å². The molecule has 0 saturated heterocycles. The number of benzene rings is 2. The minimum Gasteiger partial charge on any atom is -0.489 e. The maximum absolute atomic E-state index is 11.8. The monoisotopic (exact) mass is 301 g/mol. The molecule has 0 atom stereocenters. The van der Waals surface area contributed by atoms with Gasteiger partial charge in [-0.25, -0.2) is 4.79 Å². The van der Waals surface area contributed by atoms with E-state index in [-0.39, 0.29) is 6.61 Å². The summed E-state index contributed by atoms with van der Waals surface area (Å²) in [7, 11) is 1.28. The average molecular weight is 301 g/mol. The second-order valence-corrected chi connectivity index (χ2v) is 4.41. The van der Waals surface area contributed by atoms with Crippen molar-refractivity contribution < 1.29 is 24.3 Å². The van der Waals surface area contributed by atoms with E-state index >= 15 is 0 Å². The molecule has 2 aromatic rings. The Morgan fingerprint density at radius 2 is 1.95 bits per heavy atom. The first kappa shape index (κ1) is 15.5. The van der Waals surface area contributed by atoms with Crippen molar-refractivity contribution in [2.75, 3.05) is 12.6 Å². The molecule has 0 aliphatic rings. The first-order valence-corrected chi connectivity index (χ1v) is 6.48. The number of aldehydes is 1. The zero-order chi connectivity index (χ0) is 15.9. The number of rotatable bonds is 6. The van der Waals surface area contributed by atoms with Crippen LogP contribution in [-0.4, -0.2) is 24.6 Å². The van der Waals surface area contributed by atoms with Crippen molar-refractivity contribution in [2.45, 2.75) is 6.61 Å². The molecule has 0 aliphatic carbocycles. The van der Waals surface area contributed by atoms with Gasteiger partial charge in [0.05, 0.1) is 18.4 Å². The molecule has 2 aromatic carbocycles. The van der Waals surface area contributed by atoms with Gasteiger partial charge in [0.2, 0.25) is 0 Å². The van der Waals surface area contributed by atoms with Crippen molar-refractivity contribution >= 4 is 17.9 Å². The summed E-state index contributed by atoms with van der Waals surface area (Å²) in [5.74, 6) is 0.0150. The standard InChI is InChI=1S/C16H15NO5/c1-21-16(19)13-3-2-4-15(17-20)14(13)10-22-12-7-5-11(9-18)6-8-12/h2-9,17,20H,10H2,1H3. The first-order chi connectivity index (χ1) is 10.7. The van der Waals surface area contributed by atoms with E-state index in [1.165, 1.54) is 7.11 Å². The van der Waals surface area contributed by atoms with E-state index in [1.807, 2.05) is 5.48 Å². The Kier molecular flexibility index (Phi) is 5.11. The number of nitrogens with one attached hydrogen (secondary N) is 1. The Bertz CT molecular complexity index is 667. The molecule has 0 bridgehead atoms. The van der Waals surface area contributed by atoms with Crippen LogP contribution in [0.15, 0.2) is 42.5 Å². The third kappa shape index (κ3) is 3.42. The lowest BCUT2D eigenvalue weighted by Gasteiger charge is -2.13. The molecule has 6 heteroatoms.